The number of carbonyl (C=O) groups excluding carboxylic acids is 1. The summed E-state index contributed by atoms with van der Waals surface area (Å²) in [4.78, 5) is 11.3. The molecule has 0 saturated carbocycles. The Bertz CT molecular complexity index is 195. The van der Waals surface area contributed by atoms with Crippen molar-refractivity contribution in [3.63, 3.8) is 0 Å². The second kappa shape index (κ2) is 15.3. The van der Waals surface area contributed by atoms with Gasteiger partial charge in [-0.05, 0) is 12.8 Å². The van der Waals surface area contributed by atoms with Crippen molar-refractivity contribution in [1.29, 1.82) is 0 Å². The maximum Gasteiger partial charge on any atom is 0.407 e. The maximum atomic E-state index is 11.3. The second-order valence-electron chi connectivity index (χ2n) is 5.24. The lowest BCUT2D eigenvalue weighted by atomic mass is 10.1. The summed E-state index contributed by atoms with van der Waals surface area (Å²) >= 11 is 0. The van der Waals surface area contributed by atoms with E-state index < -0.39 is 0 Å². The van der Waals surface area contributed by atoms with Gasteiger partial charge < -0.3 is 10.1 Å². The molecule has 0 heterocycles. The molecule has 19 heavy (non-hydrogen) atoms. The maximum absolute atomic E-state index is 11.3. The monoisotopic (exact) mass is 271 g/mol. The zero-order valence-corrected chi connectivity index (χ0v) is 13.0. The summed E-state index contributed by atoms with van der Waals surface area (Å²) in [5, 5.41) is 2.81. The first kappa shape index (κ1) is 18.3. The van der Waals surface area contributed by atoms with Crippen LogP contribution < -0.4 is 5.32 Å². The van der Waals surface area contributed by atoms with Crippen LogP contribution in [0.25, 0.3) is 0 Å². The van der Waals surface area contributed by atoms with Crippen LogP contribution in [-0.4, -0.2) is 19.2 Å². The van der Waals surface area contributed by atoms with Gasteiger partial charge in [0, 0.05) is 6.54 Å². The molecule has 0 bridgehead atoms. The van der Waals surface area contributed by atoms with Crippen molar-refractivity contribution in [2.45, 2.75) is 84.5 Å². The topological polar surface area (TPSA) is 38.3 Å². The van der Waals surface area contributed by atoms with Crippen molar-refractivity contribution in [2.24, 2.45) is 0 Å². The van der Waals surface area contributed by atoms with E-state index in [9.17, 15) is 4.79 Å². The van der Waals surface area contributed by atoms with Crippen molar-refractivity contribution >= 4 is 6.09 Å². The van der Waals surface area contributed by atoms with Gasteiger partial charge in [-0.25, -0.2) is 4.79 Å². The molecule has 0 unspecified atom stereocenters. The highest BCUT2D eigenvalue weighted by Crippen LogP contribution is 2.06. The third-order valence-corrected chi connectivity index (χ3v) is 3.28. The number of carbonyl (C=O) groups is 1. The predicted molar refractivity (Wildman–Crippen MR) is 81.5 cm³/mol. The Morgan fingerprint density at radius 1 is 0.789 bits per heavy atom. The first-order valence-corrected chi connectivity index (χ1v) is 8.21. The van der Waals surface area contributed by atoms with Gasteiger partial charge in [0.1, 0.15) is 0 Å². The zero-order chi connectivity index (χ0) is 14.2. The van der Waals surface area contributed by atoms with Gasteiger partial charge in [0.15, 0.2) is 0 Å². The zero-order valence-electron chi connectivity index (χ0n) is 13.0. The van der Waals surface area contributed by atoms with Crippen LogP contribution in [-0.2, 0) is 4.74 Å². The molecular weight excluding hydrogens is 238 g/mol. The molecule has 1 N–H and O–H groups in total. The molecule has 0 aromatic heterocycles. The molecule has 0 aromatic rings. The first-order valence-electron chi connectivity index (χ1n) is 8.21. The van der Waals surface area contributed by atoms with Gasteiger partial charge in [-0.3, -0.25) is 0 Å². The van der Waals surface area contributed by atoms with Crippen LogP contribution in [0.15, 0.2) is 0 Å². The molecule has 0 aliphatic carbocycles. The van der Waals surface area contributed by atoms with E-state index in [0.29, 0.717) is 6.61 Å². The van der Waals surface area contributed by atoms with E-state index in [4.69, 9.17) is 4.74 Å². The van der Waals surface area contributed by atoms with E-state index in [0.717, 1.165) is 25.8 Å². The van der Waals surface area contributed by atoms with Crippen LogP contribution in [0.3, 0.4) is 0 Å². The third-order valence-electron chi connectivity index (χ3n) is 3.28. The van der Waals surface area contributed by atoms with Crippen molar-refractivity contribution in [1.82, 2.24) is 5.32 Å². The van der Waals surface area contributed by atoms with Crippen LogP contribution in [0.5, 0.6) is 0 Å². The minimum absolute atomic E-state index is 0.248. The van der Waals surface area contributed by atoms with Crippen molar-refractivity contribution in [3.8, 4) is 0 Å². The lowest BCUT2D eigenvalue weighted by Gasteiger charge is -2.06. The number of hydrogen-bond acceptors (Lipinski definition) is 2. The third kappa shape index (κ3) is 15.2. The van der Waals surface area contributed by atoms with Gasteiger partial charge in [0.05, 0.1) is 6.61 Å². The Morgan fingerprint density at radius 2 is 1.32 bits per heavy atom. The second-order valence-corrected chi connectivity index (χ2v) is 5.24. The minimum atomic E-state index is -0.248. The Balaban J connectivity index is 3.12. The fourth-order valence-electron chi connectivity index (χ4n) is 2.02. The molecule has 0 saturated heterocycles. The molecule has 0 aliphatic rings. The van der Waals surface area contributed by atoms with Crippen LogP contribution in [0, 0.1) is 0 Å². The Kier molecular flexibility index (Phi) is 14.7. The first-order chi connectivity index (χ1) is 9.31. The van der Waals surface area contributed by atoms with Gasteiger partial charge in [0.2, 0.25) is 0 Å². The summed E-state index contributed by atoms with van der Waals surface area (Å²) in [5.41, 5.74) is 0. The van der Waals surface area contributed by atoms with Crippen LogP contribution in [0.1, 0.15) is 84.5 Å². The molecular formula is C16H33NO2. The fraction of sp³-hybridized carbons (Fsp3) is 0.938. The molecule has 0 spiro atoms. The predicted octanol–water partition coefficient (Wildman–Crippen LogP) is 5.04. The van der Waals surface area contributed by atoms with E-state index in [1.54, 1.807) is 0 Å². The highest BCUT2D eigenvalue weighted by atomic mass is 16.5. The molecule has 1 amide bonds. The van der Waals surface area contributed by atoms with Gasteiger partial charge in [0.25, 0.3) is 0 Å². The quantitative estimate of drug-likeness (QED) is 0.476. The van der Waals surface area contributed by atoms with Gasteiger partial charge >= 0.3 is 6.09 Å². The molecule has 0 radical (unpaired) electrons. The SMILES string of the molecule is CCCCCCCCCNC(=O)OCCCCCC. The molecule has 0 atom stereocenters. The number of ether oxygens (including phenoxy) is 1. The molecule has 0 rings (SSSR count). The summed E-state index contributed by atoms with van der Waals surface area (Å²) in [6.45, 7) is 5.72. The highest BCUT2D eigenvalue weighted by molar-refractivity contribution is 5.66. The Morgan fingerprint density at radius 3 is 1.95 bits per heavy atom. The molecule has 3 nitrogen and oxygen atoms in total. The van der Waals surface area contributed by atoms with Crippen LogP contribution >= 0.6 is 0 Å². The van der Waals surface area contributed by atoms with E-state index in [1.165, 1.54) is 51.4 Å². The Labute approximate surface area is 119 Å². The summed E-state index contributed by atoms with van der Waals surface area (Å²) < 4.78 is 5.10. The number of alkyl carbamates (subject to hydrolysis) is 1. The standard InChI is InChI=1S/C16H33NO2/c1-3-5-7-9-10-11-12-14-17-16(18)19-15-13-8-6-4-2/h3-15H2,1-2H3,(H,17,18). The van der Waals surface area contributed by atoms with Crippen molar-refractivity contribution in [2.75, 3.05) is 13.2 Å². The van der Waals surface area contributed by atoms with Crippen LogP contribution in [0.4, 0.5) is 4.79 Å². The average Bonchev–Trinajstić information content (AvgIpc) is 2.41. The van der Waals surface area contributed by atoms with E-state index in [1.807, 2.05) is 0 Å². The van der Waals surface area contributed by atoms with E-state index >= 15 is 0 Å². The number of amides is 1. The highest BCUT2D eigenvalue weighted by Gasteiger charge is 2.00. The van der Waals surface area contributed by atoms with Crippen molar-refractivity contribution < 1.29 is 9.53 Å². The minimum Gasteiger partial charge on any atom is -0.450 e. The summed E-state index contributed by atoms with van der Waals surface area (Å²) in [6.07, 6.45) is 13.2. The fourth-order valence-corrected chi connectivity index (χ4v) is 2.02. The molecule has 0 aliphatic heterocycles. The van der Waals surface area contributed by atoms with Crippen LogP contribution in [0.2, 0.25) is 0 Å². The number of unbranched alkanes of at least 4 members (excludes halogenated alkanes) is 9. The number of rotatable bonds is 13. The summed E-state index contributed by atoms with van der Waals surface area (Å²) in [7, 11) is 0. The molecule has 0 aromatic carbocycles. The summed E-state index contributed by atoms with van der Waals surface area (Å²) in [6, 6.07) is 0. The smallest absolute Gasteiger partial charge is 0.407 e. The largest absolute Gasteiger partial charge is 0.450 e. The summed E-state index contributed by atoms with van der Waals surface area (Å²) in [5.74, 6) is 0. The number of hydrogen-bond donors (Lipinski definition) is 1. The number of nitrogens with one attached hydrogen (secondary N) is 1. The Hall–Kier alpha value is -0.730. The molecule has 114 valence electrons. The lowest BCUT2D eigenvalue weighted by Crippen LogP contribution is -2.25. The van der Waals surface area contributed by atoms with Gasteiger partial charge in [-0.15, -0.1) is 0 Å². The molecule has 0 fully saturated rings. The average molecular weight is 271 g/mol. The lowest BCUT2D eigenvalue weighted by molar-refractivity contribution is 0.143. The van der Waals surface area contributed by atoms with E-state index in [-0.39, 0.29) is 6.09 Å². The van der Waals surface area contributed by atoms with E-state index in [2.05, 4.69) is 19.2 Å². The van der Waals surface area contributed by atoms with Gasteiger partial charge in [-0.2, -0.15) is 0 Å². The normalized spacial score (nSPS) is 10.4. The van der Waals surface area contributed by atoms with Gasteiger partial charge in [-0.1, -0.05) is 71.6 Å². The molecule has 3 heteroatoms. The van der Waals surface area contributed by atoms with Crippen molar-refractivity contribution in [3.05, 3.63) is 0 Å².